The molecule has 15 heavy (non-hydrogen) atoms. The molecule has 0 spiro atoms. The van der Waals surface area contributed by atoms with E-state index in [9.17, 15) is 4.79 Å². The predicted molar refractivity (Wildman–Crippen MR) is 62.1 cm³/mol. The van der Waals surface area contributed by atoms with Gasteiger partial charge in [-0.15, -0.1) is 0 Å². The van der Waals surface area contributed by atoms with E-state index in [0.717, 1.165) is 17.7 Å². The highest BCUT2D eigenvalue weighted by molar-refractivity contribution is 6.31. The van der Waals surface area contributed by atoms with Crippen LogP contribution >= 0.6 is 11.6 Å². The maximum Gasteiger partial charge on any atom is 0.227 e. The number of halogens is 1. The first-order valence-electron chi connectivity index (χ1n) is 5.15. The van der Waals surface area contributed by atoms with E-state index in [1.807, 2.05) is 25.1 Å². The second-order valence-electron chi connectivity index (χ2n) is 4.22. The standard InChI is InChI=1S/C12H14ClNO/c1-7-6-9(7)12(15)14-11-5-3-4-10(13)8(11)2/h3-5,7,9H,6H2,1-2H3,(H,14,15)/t7-,9+/m1/s1. The molecular formula is C12H14ClNO. The molecule has 0 unspecified atom stereocenters. The minimum absolute atomic E-state index is 0.118. The molecule has 0 aliphatic heterocycles. The molecule has 0 radical (unpaired) electrons. The smallest absolute Gasteiger partial charge is 0.227 e. The lowest BCUT2D eigenvalue weighted by Crippen LogP contribution is -2.15. The maximum atomic E-state index is 11.7. The highest BCUT2D eigenvalue weighted by Gasteiger charge is 2.39. The second kappa shape index (κ2) is 3.86. The topological polar surface area (TPSA) is 29.1 Å². The monoisotopic (exact) mass is 223 g/mol. The number of carbonyl (C=O) groups excluding carboxylic acids is 1. The van der Waals surface area contributed by atoms with E-state index >= 15 is 0 Å². The Kier molecular flexibility index (Phi) is 2.70. The number of benzene rings is 1. The van der Waals surface area contributed by atoms with E-state index in [0.29, 0.717) is 10.9 Å². The summed E-state index contributed by atoms with van der Waals surface area (Å²) in [5, 5.41) is 3.61. The molecule has 1 amide bonds. The summed E-state index contributed by atoms with van der Waals surface area (Å²) in [6, 6.07) is 5.56. The number of amides is 1. The van der Waals surface area contributed by atoms with Crippen LogP contribution in [0.4, 0.5) is 5.69 Å². The number of hydrogen-bond acceptors (Lipinski definition) is 1. The first-order chi connectivity index (χ1) is 7.09. The first-order valence-corrected chi connectivity index (χ1v) is 5.53. The quantitative estimate of drug-likeness (QED) is 0.820. The summed E-state index contributed by atoms with van der Waals surface area (Å²) in [6.45, 7) is 4.00. The van der Waals surface area contributed by atoms with Gasteiger partial charge in [0.2, 0.25) is 5.91 Å². The molecule has 1 fully saturated rings. The third-order valence-corrected chi connectivity index (χ3v) is 3.38. The molecule has 1 aromatic rings. The second-order valence-corrected chi connectivity index (χ2v) is 4.63. The van der Waals surface area contributed by atoms with Crippen molar-refractivity contribution in [3.05, 3.63) is 28.8 Å². The van der Waals surface area contributed by atoms with Crippen LogP contribution in [0.1, 0.15) is 18.9 Å². The van der Waals surface area contributed by atoms with E-state index < -0.39 is 0 Å². The molecule has 3 heteroatoms. The summed E-state index contributed by atoms with van der Waals surface area (Å²) in [5.74, 6) is 0.848. The Morgan fingerprint density at radius 3 is 2.80 bits per heavy atom. The third kappa shape index (κ3) is 2.15. The molecule has 0 bridgehead atoms. The molecule has 0 saturated heterocycles. The summed E-state index contributed by atoms with van der Waals surface area (Å²) >= 11 is 5.97. The van der Waals surface area contributed by atoms with Crippen LogP contribution in [-0.2, 0) is 4.79 Å². The Hall–Kier alpha value is -1.02. The van der Waals surface area contributed by atoms with Gasteiger partial charge in [-0.3, -0.25) is 4.79 Å². The molecule has 1 aliphatic carbocycles. The van der Waals surface area contributed by atoms with E-state index in [1.54, 1.807) is 0 Å². The Morgan fingerprint density at radius 1 is 1.53 bits per heavy atom. The van der Waals surface area contributed by atoms with Gasteiger partial charge in [0.1, 0.15) is 0 Å². The van der Waals surface area contributed by atoms with Crippen molar-refractivity contribution in [2.24, 2.45) is 11.8 Å². The number of anilines is 1. The molecule has 1 aliphatic rings. The SMILES string of the molecule is Cc1c(Cl)cccc1NC(=O)[C@H]1C[C@H]1C. The van der Waals surface area contributed by atoms with Gasteiger partial charge >= 0.3 is 0 Å². The van der Waals surface area contributed by atoms with Crippen LogP contribution in [0.25, 0.3) is 0 Å². The van der Waals surface area contributed by atoms with Crippen molar-refractivity contribution in [3.8, 4) is 0 Å². The molecule has 0 aromatic heterocycles. The summed E-state index contributed by atoms with van der Waals surface area (Å²) in [7, 11) is 0. The molecule has 2 rings (SSSR count). The fourth-order valence-corrected chi connectivity index (χ4v) is 1.83. The lowest BCUT2D eigenvalue weighted by molar-refractivity contribution is -0.117. The van der Waals surface area contributed by atoms with E-state index in [-0.39, 0.29) is 11.8 Å². The summed E-state index contributed by atoms with van der Waals surface area (Å²) in [4.78, 5) is 11.7. The maximum absolute atomic E-state index is 11.7. The number of rotatable bonds is 2. The van der Waals surface area contributed by atoms with Gasteiger partial charge in [0.05, 0.1) is 0 Å². The zero-order chi connectivity index (χ0) is 11.0. The Labute approximate surface area is 94.6 Å². The molecule has 1 aromatic carbocycles. The van der Waals surface area contributed by atoms with Gasteiger partial charge in [-0.05, 0) is 37.0 Å². The molecule has 1 saturated carbocycles. The van der Waals surface area contributed by atoms with E-state index in [4.69, 9.17) is 11.6 Å². The van der Waals surface area contributed by atoms with Gasteiger partial charge in [0.15, 0.2) is 0 Å². The van der Waals surface area contributed by atoms with Crippen LogP contribution in [0, 0.1) is 18.8 Å². The van der Waals surface area contributed by atoms with Gasteiger partial charge in [-0.2, -0.15) is 0 Å². The fraction of sp³-hybridized carbons (Fsp3) is 0.417. The van der Waals surface area contributed by atoms with E-state index in [1.165, 1.54) is 0 Å². The number of hydrogen-bond donors (Lipinski definition) is 1. The summed E-state index contributed by atoms with van der Waals surface area (Å²) in [6.07, 6.45) is 1.01. The average Bonchev–Trinajstić information content (AvgIpc) is 2.91. The minimum Gasteiger partial charge on any atom is -0.326 e. The normalized spacial score (nSPS) is 23.7. The zero-order valence-electron chi connectivity index (χ0n) is 8.88. The lowest BCUT2D eigenvalue weighted by atomic mass is 10.2. The van der Waals surface area contributed by atoms with Crippen molar-refractivity contribution in [2.45, 2.75) is 20.3 Å². The van der Waals surface area contributed by atoms with Gasteiger partial charge in [0, 0.05) is 16.6 Å². The Bertz CT molecular complexity index is 403. The number of carbonyl (C=O) groups is 1. The molecule has 80 valence electrons. The van der Waals surface area contributed by atoms with Gasteiger partial charge in [0.25, 0.3) is 0 Å². The van der Waals surface area contributed by atoms with Crippen LogP contribution in [0.2, 0.25) is 5.02 Å². The fourth-order valence-electron chi connectivity index (χ4n) is 1.66. The molecule has 2 nitrogen and oxygen atoms in total. The molecular weight excluding hydrogens is 210 g/mol. The highest BCUT2D eigenvalue weighted by Crippen LogP contribution is 2.38. The third-order valence-electron chi connectivity index (χ3n) is 2.97. The summed E-state index contributed by atoms with van der Waals surface area (Å²) < 4.78 is 0. The van der Waals surface area contributed by atoms with Crippen molar-refractivity contribution in [1.82, 2.24) is 0 Å². The van der Waals surface area contributed by atoms with Crippen molar-refractivity contribution in [1.29, 1.82) is 0 Å². The van der Waals surface area contributed by atoms with Crippen LogP contribution in [0.15, 0.2) is 18.2 Å². The van der Waals surface area contributed by atoms with E-state index in [2.05, 4.69) is 12.2 Å². The largest absolute Gasteiger partial charge is 0.326 e. The molecule has 1 N–H and O–H groups in total. The Morgan fingerprint density at radius 2 is 2.20 bits per heavy atom. The van der Waals surface area contributed by atoms with Crippen molar-refractivity contribution in [2.75, 3.05) is 5.32 Å². The van der Waals surface area contributed by atoms with Gasteiger partial charge in [-0.1, -0.05) is 24.6 Å². The average molecular weight is 224 g/mol. The van der Waals surface area contributed by atoms with Crippen molar-refractivity contribution in [3.63, 3.8) is 0 Å². The van der Waals surface area contributed by atoms with Crippen LogP contribution < -0.4 is 5.32 Å². The van der Waals surface area contributed by atoms with Crippen LogP contribution in [0.3, 0.4) is 0 Å². The van der Waals surface area contributed by atoms with Gasteiger partial charge in [-0.25, -0.2) is 0 Å². The molecule has 2 atom stereocenters. The summed E-state index contributed by atoms with van der Waals surface area (Å²) in [5.41, 5.74) is 1.76. The van der Waals surface area contributed by atoms with Crippen molar-refractivity contribution >= 4 is 23.2 Å². The zero-order valence-corrected chi connectivity index (χ0v) is 9.64. The predicted octanol–water partition coefficient (Wildman–Crippen LogP) is 3.24. The first kappa shape index (κ1) is 10.5. The minimum atomic E-state index is 0.118. The van der Waals surface area contributed by atoms with Crippen LogP contribution in [0.5, 0.6) is 0 Å². The van der Waals surface area contributed by atoms with Crippen molar-refractivity contribution < 1.29 is 4.79 Å². The highest BCUT2D eigenvalue weighted by atomic mass is 35.5. The van der Waals surface area contributed by atoms with Crippen LogP contribution in [-0.4, -0.2) is 5.91 Å². The Balaban J connectivity index is 2.10. The number of nitrogens with one attached hydrogen (secondary N) is 1. The molecule has 0 heterocycles. The lowest BCUT2D eigenvalue weighted by Gasteiger charge is -2.08. The van der Waals surface area contributed by atoms with Gasteiger partial charge < -0.3 is 5.32 Å².